The number of alkyl halides is 2. The fourth-order valence-corrected chi connectivity index (χ4v) is 2.61. The summed E-state index contributed by atoms with van der Waals surface area (Å²) in [5.41, 5.74) is 0.775. The van der Waals surface area contributed by atoms with Crippen LogP contribution in [-0.4, -0.2) is 22.9 Å². The lowest BCUT2D eigenvalue weighted by molar-refractivity contribution is -0.159. The Kier molecular flexibility index (Phi) is 7.13. The van der Waals surface area contributed by atoms with Gasteiger partial charge >= 0.3 is 6.11 Å². The lowest BCUT2D eigenvalue weighted by Crippen LogP contribution is -2.27. The van der Waals surface area contributed by atoms with Crippen LogP contribution in [0.5, 0.6) is 5.75 Å². The van der Waals surface area contributed by atoms with Gasteiger partial charge in [0, 0.05) is 29.6 Å². The second-order valence-electron chi connectivity index (χ2n) is 6.90. The molecular weight excluding hydrogens is 404 g/mol. The number of benzene rings is 1. The van der Waals surface area contributed by atoms with E-state index in [9.17, 15) is 18.4 Å². The van der Waals surface area contributed by atoms with Crippen LogP contribution < -0.4 is 15.4 Å². The maximum atomic E-state index is 13.1. The van der Waals surface area contributed by atoms with E-state index in [1.54, 1.807) is 26.8 Å². The first-order valence-corrected chi connectivity index (χ1v) is 9.27. The number of nitrogens with zero attached hydrogens (tertiary/aromatic N) is 1. The van der Waals surface area contributed by atoms with Gasteiger partial charge in [-0.05, 0) is 42.8 Å². The van der Waals surface area contributed by atoms with Gasteiger partial charge in [-0.1, -0.05) is 25.4 Å². The lowest BCUT2D eigenvalue weighted by atomic mass is 10.1. The van der Waals surface area contributed by atoms with Gasteiger partial charge in [0.25, 0.3) is 5.91 Å². The predicted molar refractivity (Wildman–Crippen MR) is 106 cm³/mol. The van der Waals surface area contributed by atoms with Gasteiger partial charge in [0.15, 0.2) is 0 Å². The fourth-order valence-electron chi connectivity index (χ4n) is 2.37. The van der Waals surface area contributed by atoms with Crippen LogP contribution in [0.2, 0.25) is 5.02 Å². The number of anilines is 1. The van der Waals surface area contributed by atoms with Gasteiger partial charge in [-0.25, -0.2) is 4.98 Å². The third-order valence-electron chi connectivity index (χ3n) is 3.84. The Balaban J connectivity index is 2.14. The average Bonchev–Trinajstić information content (AvgIpc) is 2.59. The summed E-state index contributed by atoms with van der Waals surface area (Å²) in [6, 6.07) is 6.60. The number of hydrogen-bond acceptors (Lipinski definition) is 4. The molecule has 1 aromatic carbocycles. The highest BCUT2D eigenvalue weighted by Gasteiger charge is 2.24. The first kappa shape index (κ1) is 22.5. The third kappa shape index (κ3) is 6.98. The Morgan fingerprint density at radius 1 is 1.17 bits per heavy atom. The molecule has 9 heteroatoms. The highest BCUT2D eigenvalue weighted by atomic mass is 35.5. The molecule has 0 fully saturated rings. The van der Waals surface area contributed by atoms with E-state index < -0.39 is 18.1 Å². The number of halogens is 3. The van der Waals surface area contributed by atoms with E-state index in [4.69, 9.17) is 11.6 Å². The molecule has 29 heavy (non-hydrogen) atoms. The number of nitrogens with one attached hydrogen (secondary N) is 2. The summed E-state index contributed by atoms with van der Waals surface area (Å²) in [5.74, 6) is -0.730. The molecule has 0 aliphatic rings. The van der Waals surface area contributed by atoms with Crippen molar-refractivity contribution in [3.63, 3.8) is 0 Å². The summed E-state index contributed by atoms with van der Waals surface area (Å²) in [6.07, 6.45) is -1.95. The monoisotopic (exact) mass is 425 g/mol. The first-order chi connectivity index (χ1) is 13.4. The number of rotatable bonds is 7. The molecule has 2 rings (SSSR count). The van der Waals surface area contributed by atoms with Gasteiger partial charge in [0.1, 0.15) is 11.6 Å². The molecule has 0 spiro atoms. The van der Waals surface area contributed by atoms with E-state index >= 15 is 0 Å². The van der Waals surface area contributed by atoms with E-state index in [-0.39, 0.29) is 34.0 Å². The number of aromatic nitrogens is 1. The molecule has 0 aliphatic carbocycles. The molecule has 1 atom stereocenters. The molecule has 1 aromatic heterocycles. The highest BCUT2D eigenvalue weighted by Crippen LogP contribution is 2.28. The van der Waals surface area contributed by atoms with Crippen molar-refractivity contribution < 1.29 is 23.1 Å². The fraction of sp³-hybridized carbons (Fsp3) is 0.350. The Morgan fingerprint density at radius 2 is 1.86 bits per heavy atom. The van der Waals surface area contributed by atoms with Crippen molar-refractivity contribution in [2.24, 2.45) is 5.92 Å². The van der Waals surface area contributed by atoms with Crippen molar-refractivity contribution in [3.8, 4) is 5.75 Å². The molecule has 1 unspecified atom stereocenters. The van der Waals surface area contributed by atoms with Gasteiger partial charge in [-0.15, -0.1) is 0 Å². The van der Waals surface area contributed by atoms with Gasteiger partial charge in [0.05, 0.1) is 6.04 Å². The molecule has 156 valence electrons. The minimum absolute atomic E-state index is 0.108. The van der Waals surface area contributed by atoms with Gasteiger partial charge < -0.3 is 15.4 Å². The number of carbonyl (C=O) groups is 2. The third-order valence-corrected chi connectivity index (χ3v) is 4.05. The Hall–Kier alpha value is -2.74. The molecule has 0 aliphatic heterocycles. The number of hydrogen-bond donors (Lipinski definition) is 2. The summed E-state index contributed by atoms with van der Waals surface area (Å²) in [6.45, 7) is 5.79. The lowest BCUT2D eigenvalue weighted by Gasteiger charge is -2.18. The van der Waals surface area contributed by atoms with E-state index in [1.807, 2.05) is 0 Å². The van der Waals surface area contributed by atoms with Gasteiger partial charge in [-0.3, -0.25) is 9.59 Å². The first-order valence-electron chi connectivity index (χ1n) is 8.89. The molecule has 0 saturated carbocycles. The predicted octanol–water partition coefficient (Wildman–Crippen LogP) is 4.81. The molecular formula is C20H22ClF2N3O3. The average molecular weight is 426 g/mol. The normalized spacial score (nSPS) is 12.4. The van der Waals surface area contributed by atoms with Crippen molar-refractivity contribution in [1.29, 1.82) is 0 Å². The van der Waals surface area contributed by atoms with Crippen LogP contribution >= 0.6 is 11.6 Å². The molecule has 0 saturated heterocycles. The smallest absolute Gasteiger partial charge is 0.394 e. The Bertz CT molecular complexity index is 901. The quantitative estimate of drug-likeness (QED) is 0.667. The molecule has 1 heterocycles. The maximum absolute atomic E-state index is 13.1. The number of pyridine rings is 1. The molecule has 2 amide bonds. The van der Waals surface area contributed by atoms with Crippen LogP contribution in [0.15, 0.2) is 36.5 Å². The van der Waals surface area contributed by atoms with Crippen molar-refractivity contribution in [3.05, 3.63) is 52.7 Å². The Labute approximate surface area is 172 Å². The van der Waals surface area contributed by atoms with Crippen LogP contribution in [0.4, 0.5) is 14.6 Å². The van der Waals surface area contributed by atoms with Crippen molar-refractivity contribution in [1.82, 2.24) is 10.3 Å². The summed E-state index contributed by atoms with van der Waals surface area (Å²) in [5, 5.41) is 5.57. The molecule has 2 N–H and O–H groups in total. The van der Waals surface area contributed by atoms with Crippen LogP contribution in [0.3, 0.4) is 0 Å². The molecule has 0 bridgehead atoms. The minimum Gasteiger partial charge on any atom is -0.433 e. The maximum Gasteiger partial charge on any atom is 0.394 e. The van der Waals surface area contributed by atoms with Crippen LogP contribution in [0, 0.1) is 5.92 Å². The zero-order valence-electron chi connectivity index (χ0n) is 16.4. The van der Waals surface area contributed by atoms with Crippen LogP contribution in [0.25, 0.3) is 0 Å². The van der Waals surface area contributed by atoms with Gasteiger partial charge in [0.2, 0.25) is 5.91 Å². The largest absolute Gasteiger partial charge is 0.433 e. The van der Waals surface area contributed by atoms with E-state index in [0.29, 0.717) is 12.5 Å². The van der Waals surface area contributed by atoms with E-state index in [1.165, 1.54) is 30.5 Å². The summed E-state index contributed by atoms with van der Waals surface area (Å²) in [4.78, 5) is 28.4. The summed E-state index contributed by atoms with van der Waals surface area (Å²) >= 11 is 5.99. The minimum atomic E-state index is -3.36. The molecule has 0 radical (unpaired) electrons. The number of carbonyl (C=O) groups excluding carboxylic acids is 2. The van der Waals surface area contributed by atoms with Gasteiger partial charge in [-0.2, -0.15) is 8.78 Å². The van der Waals surface area contributed by atoms with Crippen molar-refractivity contribution in [2.45, 2.75) is 39.8 Å². The Morgan fingerprint density at radius 3 is 2.48 bits per heavy atom. The van der Waals surface area contributed by atoms with E-state index in [2.05, 4.69) is 20.4 Å². The second-order valence-corrected chi connectivity index (χ2v) is 7.34. The summed E-state index contributed by atoms with van der Waals surface area (Å²) < 4.78 is 30.8. The van der Waals surface area contributed by atoms with E-state index in [0.717, 1.165) is 0 Å². The van der Waals surface area contributed by atoms with Crippen LogP contribution in [-0.2, 0) is 4.79 Å². The molecule has 2 aromatic rings. The number of amides is 2. The molecule has 6 nitrogen and oxygen atoms in total. The van der Waals surface area contributed by atoms with Crippen molar-refractivity contribution in [2.75, 3.05) is 5.32 Å². The summed E-state index contributed by atoms with van der Waals surface area (Å²) in [7, 11) is 0. The topological polar surface area (TPSA) is 80.3 Å². The second kappa shape index (κ2) is 9.17. The number of ether oxygens (including phenoxy) is 1. The van der Waals surface area contributed by atoms with Crippen molar-refractivity contribution >= 4 is 29.2 Å². The SMILES string of the molecule is CC(C)C(=O)Nc1cc(C(=O)NC(C)c2cc(Cl)cc(OC(C)(F)F)c2)ccn1. The van der Waals surface area contributed by atoms with Crippen LogP contribution in [0.1, 0.15) is 49.7 Å². The zero-order valence-corrected chi connectivity index (χ0v) is 17.2. The highest BCUT2D eigenvalue weighted by molar-refractivity contribution is 6.30. The standard InChI is InChI=1S/C20H22ClF2N3O3/c1-11(2)18(27)26-17-9-13(5-6-24-17)19(28)25-12(3)14-7-15(21)10-16(8-14)29-20(4,22)23/h5-12H,1-4H3,(H,25,28)(H,24,26,27). The zero-order chi connectivity index (χ0) is 21.8.